The minimum Gasteiger partial charge on any atom is -0.378 e. The van der Waals surface area contributed by atoms with E-state index in [0.29, 0.717) is 6.10 Å². The third kappa shape index (κ3) is 5.87. The minimum absolute atomic E-state index is 0.173. The topological polar surface area (TPSA) is 33.0 Å². The first-order chi connectivity index (χ1) is 8.43. The maximum atomic E-state index is 8.93. The van der Waals surface area contributed by atoms with Crippen LogP contribution in [0.1, 0.15) is 66.2 Å². The van der Waals surface area contributed by atoms with E-state index >= 15 is 0 Å². The van der Waals surface area contributed by atoms with Gasteiger partial charge in [0.1, 0.15) is 0 Å². The van der Waals surface area contributed by atoms with Crippen molar-refractivity contribution < 1.29 is 4.74 Å². The standard InChI is InChI=1S/C16H29NO/c1-13-9-14(2)11-15(10-13)18-8-6-5-7-16(3,4)12-17/h13-15H,5-11H2,1-4H3. The maximum absolute atomic E-state index is 8.93. The van der Waals surface area contributed by atoms with Crippen molar-refractivity contribution in [2.75, 3.05) is 6.61 Å². The molecule has 2 nitrogen and oxygen atoms in total. The molecule has 0 saturated heterocycles. The van der Waals surface area contributed by atoms with Gasteiger partial charge in [-0.25, -0.2) is 0 Å². The molecule has 1 aliphatic rings. The van der Waals surface area contributed by atoms with Crippen molar-refractivity contribution in [2.45, 2.75) is 72.3 Å². The van der Waals surface area contributed by atoms with E-state index in [1.54, 1.807) is 0 Å². The average Bonchev–Trinajstić information content (AvgIpc) is 2.27. The van der Waals surface area contributed by atoms with Gasteiger partial charge in [0.25, 0.3) is 0 Å². The van der Waals surface area contributed by atoms with Gasteiger partial charge in [-0.1, -0.05) is 13.8 Å². The Hall–Kier alpha value is -0.550. The molecule has 0 aliphatic heterocycles. The van der Waals surface area contributed by atoms with Crippen LogP contribution in [0.3, 0.4) is 0 Å². The second-order valence-corrected chi connectivity index (χ2v) is 6.86. The summed E-state index contributed by atoms with van der Waals surface area (Å²) < 4.78 is 5.99. The van der Waals surface area contributed by atoms with E-state index in [1.165, 1.54) is 19.3 Å². The summed E-state index contributed by atoms with van der Waals surface area (Å²) in [5.74, 6) is 1.63. The Morgan fingerprint density at radius 2 is 1.72 bits per heavy atom. The molecular weight excluding hydrogens is 222 g/mol. The lowest BCUT2D eigenvalue weighted by atomic mass is 9.82. The zero-order valence-corrected chi connectivity index (χ0v) is 12.5. The first kappa shape index (κ1) is 15.5. The van der Waals surface area contributed by atoms with Crippen LogP contribution >= 0.6 is 0 Å². The van der Waals surface area contributed by atoms with Crippen LogP contribution in [0.2, 0.25) is 0 Å². The van der Waals surface area contributed by atoms with Crippen LogP contribution in [0.5, 0.6) is 0 Å². The molecule has 2 atom stereocenters. The molecule has 0 radical (unpaired) electrons. The Balaban J connectivity index is 2.09. The number of ether oxygens (including phenoxy) is 1. The van der Waals surface area contributed by atoms with Gasteiger partial charge in [0, 0.05) is 6.61 Å². The monoisotopic (exact) mass is 251 g/mol. The highest BCUT2D eigenvalue weighted by Gasteiger charge is 2.24. The van der Waals surface area contributed by atoms with Crippen molar-refractivity contribution in [1.82, 2.24) is 0 Å². The van der Waals surface area contributed by atoms with Gasteiger partial charge in [-0.3, -0.25) is 0 Å². The van der Waals surface area contributed by atoms with Crippen molar-refractivity contribution in [2.24, 2.45) is 17.3 Å². The summed E-state index contributed by atoms with van der Waals surface area (Å²) >= 11 is 0. The molecule has 0 spiro atoms. The van der Waals surface area contributed by atoms with E-state index in [2.05, 4.69) is 19.9 Å². The lowest BCUT2D eigenvalue weighted by molar-refractivity contribution is -0.000982. The molecule has 1 rings (SSSR count). The summed E-state index contributed by atoms with van der Waals surface area (Å²) in [5.41, 5.74) is -0.173. The molecule has 0 heterocycles. The van der Waals surface area contributed by atoms with Crippen LogP contribution in [0.25, 0.3) is 0 Å². The fraction of sp³-hybridized carbons (Fsp3) is 0.938. The van der Waals surface area contributed by atoms with Gasteiger partial charge < -0.3 is 4.74 Å². The van der Waals surface area contributed by atoms with Gasteiger partial charge in [0.05, 0.1) is 17.6 Å². The quantitative estimate of drug-likeness (QED) is 0.649. The van der Waals surface area contributed by atoms with Crippen molar-refractivity contribution in [1.29, 1.82) is 5.26 Å². The van der Waals surface area contributed by atoms with E-state index in [-0.39, 0.29) is 5.41 Å². The molecule has 2 heteroatoms. The summed E-state index contributed by atoms with van der Waals surface area (Å²) in [5, 5.41) is 8.93. The van der Waals surface area contributed by atoms with Crippen LogP contribution < -0.4 is 0 Å². The van der Waals surface area contributed by atoms with E-state index < -0.39 is 0 Å². The number of rotatable bonds is 6. The fourth-order valence-electron chi connectivity index (χ4n) is 2.98. The molecule has 0 aromatic heterocycles. The molecule has 0 aromatic carbocycles. The first-order valence-corrected chi connectivity index (χ1v) is 7.46. The van der Waals surface area contributed by atoms with Crippen LogP contribution in [0, 0.1) is 28.6 Å². The van der Waals surface area contributed by atoms with Crippen LogP contribution in [0.15, 0.2) is 0 Å². The molecule has 18 heavy (non-hydrogen) atoms. The molecule has 0 bridgehead atoms. The molecule has 104 valence electrons. The normalized spacial score (nSPS) is 28.9. The molecule has 1 fully saturated rings. The van der Waals surface area contributed by atoms with Gasteiger partial charge in [-0.15, -0.1) is 0 Å². The van der Waals surface area contributed by atoms with Crippen molar-refractivity contribution in [3.63, 3.8) is 0 Å². The van der Waals surface area contributed by atoms with Crippen molar-refractivity contribution in [3.05, 3.63) is 0 Å². The Labute approximate surface area is 113 Å². The van der Waals surface area contributed by atoms with E-state index in [0.717, 1.165) is 37.7 Å². The summed E-state index contributed by atoms with van der Waals surface area (Å²) in [6.07, 6.45) is 7.46. The second-order valence-electron chi connectivity index (χ2n) is 6.86. The number of unbranched alkanes of at least 4 members (excludes halogenated alkanes) is 1. The molecule has 2 unspecified atom stereocenters. The van der Waals surface area contributed by atoms with Gasteiger partial charge in [-0.05, 0) is 64.2 Å². The van der Waals surface area contributed by atoms with Gasteiger partial charge in [0.2, 0.25) is 0 Å². The minimum atomic E-state index is -0.173. The average molecular weight is 251 g/mol. The largest absolute Gasteiger partial charge is 0.378 e. The zero-order valence-electron chi connectivity index (χ0n) is 12.5. The molecule has 0 amide bonds. The Kier molecular flexibility index (Phi) is 6.15. The van der Waals surface area contributed by atoms with Crippen LogP contribution in [-0.2, 0) is 4.74 Å². The number of nitrogens with zero attached hydrogens (tertiary/aromatic N) is 1. The lowest BCUT2D eigenvalue weighted by Crippen LogP contribution is -2.26. The highest BCUT2D eigenvalue weighted by molar-refractivity contribution is 4.91. The SMILES string of the molecule is CC1CC(C)CC(OCCCCC(C)(C)C#N)C1. The second kappa shape index (κ2) is 7.14. The van der Waals surface area contributed by atoms with Crippen molar-refractivity contribution >= 4 is 0 Å². The van der Waals surface area contributed by atoms with E-state index in [1.807, 2.05) is 13.8 Å². The zero-order chi connectivity index (χ0) is 13.6. The first-order valence-electron chi connectivity index (χ1n) is 7.46. The Bertz CT molecular complexity index is 269. The molecule has 1 aliphatic carbocycles. The summed E-state index contributed by atoms with van der Waals surface area (Å²) in [6, 6.07) is 2.35. The third-order valence-corrected chi connectivity index (χ3v) is 3.99. The lowest BCUT2D eigenvalue weighted by Gasteiger charge is -2.31. The Morgan fingerprint density at radius 1 is 1.11 bits per heavy atom. The van der Waals surface area contributed by atoms with Gasteiger partial charge >= 0.3 is 0 Å². The van der Waals surface area contributed by atoms with Crippen molar-refractivity contribution in [3.8, 4) is 6.07 Å². The summed E-state index contributed by atoms with van der Waals surface area (Å²) in [6.45, 7) is 9.56. The number of hydrogen-bond acceptors (Lipinski definition) is 2. The summed E-state index contributed by atoms with van der Waals surface area (Å²) in [4.78, 5) is 0. The highest BCUT2D eigenvalue weighted by atomic mass is 16.5. The van der Waals surface area contributed by atoms with E-state index in [9.17, 15) is 0 Å². The van der Waals surface area contributed by atoms with Gasteiger partial charge in [0.15, 0.2) is 0 Å². The predicted octanol–water partition coefficient (Wildman–Crippen LogP) is 4.55. The molecule has 0 N–H and O–H groups in total. The molecular formula is C16H29NO. The van der Waals surface area contributed by atoms with E-state index in [4.69, 9.17) is 10.00 Å². The molecule has 1 saturated carbocycles. The Morgan fingerprint density at radius 3 is 2.28 bits per heavy atom. The third-order valence-electron chi connectivity index (χ3n) is 3.99. The smallest absolute Gasteiger partial charge is 0.0683 e. The molecule has 0 aromatic rings. The predicted molar refractivity (Wildman–Crippen MR) is 75.2 cm³/mol. The number of nitriles is 1. The number of hydrogen-bond donors (Lipinski definition) is 0. The van der Waals surface area contributed by atoms with Crippen LogP contribution in [0.4, 0.5) is 0 Å². The maximum Gasteiger partial charge on any atom is 0.0683 e. The highest BCUT2D eigenvalue weighted by Crippen LogP contribution is 2.30. The van der Waals surface area contributed by atoms with Crippen LogP contribution in [-0.4, -0.2) is 12.7 Å². The fourth-order valence-corrected chi connectivity index (χ4v) is 2.98. The van der Waals surface area contributed by atoms with Gasteiger partial charge in [-0.2, -0.15) is 5.26 Å². The summed E-state index contributed by atoms with van der Waals surface area (Å²) in [7, 11) is 0.